The summed E-state index contributed by atoms with van der Waals surface area (Å²) in [5, 5.41) is 0. The first-order valence-corrected chi connectivity index (χ1v) is 7.55. The lowest BCUT2D eigenvalue weighted by Gasteiger charge is -2.14. The van der Waals surface area contributed by atoms with Crippen LogP contribution < -0.4 is 9.47 Å². The topological polar surface area (TPSA) is 60.0 Å². The largest absolute Gasteiger partial charge is 0.496 e. The first-order valence-electron chi connectivity index (χ1n) is 7.04. The molecule has 1 atom stereocenters. The molecule has 22 heavy (non-hydrogen) atoms. The van der Waals surface area contributed by atoms with Crippen LogP contribution in [0.15, 0.2) is 36.7 Å². The lowest BCUT2D eigenvalue weighted by atomic mass is 10.2. The van der Waals surface area contributed by atoms with Crippen LogP contribution >= 0.6 is 12.6 Å². The second-order valence-corrected chi connectivity index (χ2v) is 5.40. The SMILES string of the molecule is CCC(S)Oc1ccc(-c2nc3cnccc3[nH]2)c(OC)c1. The van der Waals surface area contributed by atoms with Crippen LogP contribution in [0.2, 0.25) is 0 Å². The molecular formula is C16H17N3O2S. The van der Waals surface area contributed by atoms with E-state index in [1.807, 2.05) is 31.2 Å². The molecule has 0 aliphatic carbocycles. The van der Waals surface area contributed by atoms with Gasteiger partial charge in [-0.2, -0.15) is 0 Å². The van der Waals surface area contributed by atoms with E-state index < -0.39 is 0 Å². The molecule has 0 aliphatic rings. The summed E-state index contributed by atoms with van der Waals surface area (Å²) in [5.41, 5.74) is 2.50. The Kier molecular flexibility index (Phi) is 4.20. The molecule has 2 aromatic heterocycles. The van der Waals surface area contributed by atoms with Gasteiger partial charge < -0.3 is 14.5 Å². The number of aromatic nitrogens is 3. The smallest absolute Gasteiger partial charge is 0.142 e. The number of pyridine rings is 1. The number of hydrogen-bond acceptors (Lipinski definition) is 5. The van der Waals surface area contributed by atoms with Crippen molar-refractivity contribution in [2.24, 2.45) is 0 Å². The van der Waals surface area contributed by atoms with Gasteiger partial charge in [-0.3, -0.25) is 4.98 Å². The highest BCUT2D eigenvalue weighted by molar-refractivity contribution is 7.80. The fraction of sp³-hybridized carbons (Fsp3) is 0.250. The Morgan fingerprint density at radius 1 is 1.32 bits per heavy atom. The molecule has 114 valence electrons. The van der Waals surface area contributed by atoms with Crippen LogP contribution in [-0.2, 0) is 0 Å². The number of benzene rings is 1. The van der Waals surface area contributed by atoms with E-state index in [1.165, 1.54) is 0 Å². The molecule has 0 bridgehead atoms. The number of fused-ring (bicyclic) bond motifs is 1. The minimum absolute atomic E-state index is 0.132. The third-order valence-electron chi connectivity index (χ3n) is 3.33. The maximum Gasteiger partial charge on any atom is 0.142 e. The van der Waals surface area contributed by atoms with Crippen LogP contribution in [0.4, 0.5) is 0 Å². The number of nitrogens with zero attached hydrogens (tertiary/aromatic N) is 2. The van der Waals surface area contributed by atoms with Crippen LogP contribution in [-0.4, -0.2) is 27.5 Å². The summed E-state index contributed by atoms with van der Waals surface area (Å²) in [6, 6.07) is 7.56. The Bertz CT molecular complexity index is 755. The summed E-state index contributed by atoms with van der Waals surface area (Å²) in [7, 11) is 1.63. The summed E-state index contributed by atoms with van der Waals surface area (Å²) >= 11 is 4.35. The quantitative estimate of drug-likeness (QED) is 0.557. The average molecular weight is 315 g/mol. The molecule has 5 nitrogen and oxygen atoms in total. The second-order valence-electron chi connectivity index (χ2n) is 4.82. The highest BCUT2D eigenvalue weighted by atomic mass is 32.1. The van der Waals surface area contributed by atoms with Gasteiger partial charge in [0.15, 0.2) is 0 Å². The van der Waals surface area contributed by atoms with E-state index in [-0.39, 0.29) is 5.44 Å². The van der Waals surface area contributed by atoms with Crippen LogP contribution in [0.5, 0.6) is 11.5 Å². The molecule has 0 saturated heterocycles. The van der Waals surface area contributed by atoms with Gasteiger partial charge in [-0.1, -0.05) is 6.92 Å². The third kappa shape index (κ3) is 2.87. The minimum Gasteiger partial charge on any atom is -0.496 e. The average Bonchev–Trinajstić information content (AvgIpc) is 2.98. The van der Waals surface area contributed by atoms with Crippen LogP contribution in [0.1, 0.15) is 13.3 Å². The number of imidazole rings is 1. The predicted molar refractivity (Wildman–Crippen MR) is 89.6 cm³/mol. The number of nitrogens with one attached hydrogen (secondary N) is 1. The summed E-state index contributed by atoms with van der Waals surface area (Å²) in [4.78, 5) is 11.9. The van der Waals surface area contributed by atoms with Crippen molar-refractivity contribution in [3.63, 3.8) is 0 Å². The van der Waals surface area contributed by atoms with Crippen molar-refractivity contribution in [2.75, 3.05) is 7.11 Å². The zero-order valence-electron chi connectivity index (χ0n) is 12.4. The van der Waals surface area contributed by atoms with Gasteiger partial charge >= 0.3 is 0 Å². The van der Waals surface area contributed by atoms with E-state index in [9.17, 15) is 0 Å². The molecule has 0 amide bonds. The lowest BCUT2D eigenvalue weighted by molar-refractivity contribution is 0.284. The van der Waals surface area contributed by atoms with Crippen molar-refractivity contribution in [3.05, 3.63) is 36.7 Å². The number of thiol groups is 1. The van der Waals surface area contributed by atoms with Crippen LogP contribution in [0.25, 0.3) is 22.4 Å². The molecule has 3 rings (SSSR count). The zero-order valence-corrected chi connectivity index (χ0v) is 13.3. The van der Waals surface area contributed by atoms with E-state index in [0.717, 1.165) is 34.6 Å². The zero-order chi connectivity index (χ0) is 15.5. The highest BCUT2D eigenvalue weighted by Gasteiger charge is 2.13. The van der Waals surface area contributed by atoms with Gasteiger partial charge in [-0.15, -0.1) is 12.6 Å². The molecule has 3 aromatic rings. The molecule has 1 aromatic carbocycles. The first-order chi connectivity index (χ1) is 10.7. The van der Waals surface area contributed by atoms with Crippen molar-refractivity contribution in [2.45, 2.75) is 18.8 Å². The van der Waals surface area contributed by atoms with Crippen molar-refractivity contribution < 1.29 is 9.47 Å². The van der Waals surface area contributed by atoms with Crippen molar-refractivity contribution in [3.8, 4) is 22.9 Å². The highest BCUT2D eigenvalue weighted by Crippen LogP contribution is 2.33. The third-order valence-corrected chi connectivity index (χ3v) is 3.81. The molecule has 0 aliphatic heterocycles. The maximum absolute atomic E-state index is 5.70. The second kappa shape index (κ2) is 6.27. The van der Waals surface area contributed by atoms with Gasteiger partial charge in [0, 0.05) is 12.3 Å². The monoisotopic (exact) mass is 315 g/mol. The summed E-state index contributed by atoms with van der Waals surface area (Å²) < 4.78 is 11.2. The van der Waals surface area contributed by atoms with E-state index in [0.29, 0.717) is 5.75 Å². The fourth-order valence-electron chi connectivity index (χ4n) is 2.17. The standard InChI is InChI=1S/C16H17N3O2S/c1-3-15(22)21-10-4-5-11(14(8-10)20-2)16-18-12-6-7-17-9-13(12)19-16/h4-9,15,22H,3H2,1-2H3,(H,18,19). The number of H-pyrrole nitrogens is 1. The summed E-state index contributed by atoms with van der Waals surface area (Å²) in [6.45, 7) is 2.02. The Morgan fingerprint density at radius 2 is 2.18 bits per heavy atom. The van der Waals surface area contributed by atoms with E-state index >= 15 is 0 Å². The number of rotatable bonds is 5. The first kappa shape index (κ1) is 14.7. The summed E-state index contributed by atoms with van der Waals surface area (Å²) in [5.74, 6) is 2.16. The van der Waals surface area contributed by atoms with Gasteiger partial charge in [0.2, 0.25) is 0 Å². The number of hydrogen-bond donors (Lipinski definition) is 2. The number of ether oxygens (including phenoxy) is 2. The number of aromatic amines is 1. The molecule has 1 unspecified atom stereocenters. The van der Waals surface area contributed by atoms with Gasteiger partial charge in [0.1, 0.15) is 28.3 Å². The number of methoxy groups -OCH3 is 1. The van der Waals surface area contributed by atoms with Gasteiger partial charge in [-0.05, 0) is 24.6 Å². The molecule has 1 N–H and O–H groups in total. The van der Waals surface area contributed by atoms with E-state index in [4.69, 9.17) is 9.47 Å². The predicted octanol–water partition coefficient (Wildman–Crippen LogP) is 3.68. The van der Waals surface area contributed by atoms with Crippen LogP contribution in [0, 0.1) is 0 Å². The molecule has 0 fully saturated rings. The molecule has 6 heteroatoms. The molecule has 0 radical (unpaired) electrons. The van der Waals surface area contributed by atoms with Gasteiger partial charge in [0.25, 0.3) is 0 Å². The molecule has 0 saturated carbocycles. The fourth-order valence-corrected chi connectivity index (χ4v) is 2.29. The Morgan fingerprint density at radius 3 is 2.91 bits per heavy atom. The Balaban J connectivity index is 1.99. The van der Waals surface area contributed by atoms with Crippen molar-refractivity contribution >= 4 is 23.7 Å². The molecule has 2 heterocycles. The summed E-state index contributed by atoms with van der Waals surface area (Å²) in [6.07, 6.45) is 4.28. The Labute approximate surface area is 134 Å². The molecule has 0 spiro atoms. The maximum atomic E-state index is 5.70. The van der Waals surface area contributed by atoms with Crippen molar-refractivity contribution in [1.29, 1.82) is 0 Å². The van der Waals surface area contributed by atoms with Gasteiger partial charge in [-0.25, -0.2) is 4.98 Å². The molecular weight excluding hydrogens is 298 g/mol. The Hall–Kier alpha value is -2.21. The van der Waals surface area contributed by atoms with Gasteiger partial charge in [0.05, 0.1) is 24.4 Å². The van der Waals surface area contributed by atoms with Crippen molar-refractivity contribution in [1.82, 2.24) is 15.0 Å². The normalized spacial score (nSPS) is 12.3. The van der Waals surface area contributed by atoms with Crippen LogP contribution in [0.3, 0.4) is 0 Å². The van der Waals surface area contributed by atoms with E-state index in [2.05, 4.69) is 27.6 Å². The lowest BCUT2D eigenvalue weighted by Crippen LogP contribution is -2.06. The minimum atomic E-state index is -0.132. The van der Waals surface area contributed by atoms with E-state index in [1.54, 1.807) is 19.5 Å².